The number of pyridine rings is 2. The number of hydrogen-bond donors (Lipinski definition) is 3. The van der Waals surface area contributed by atoms with Crippen molar-refractivity contribution in [1.82, 2.24) is 19.9 Å². The molecular weight excluding hydrogens is 396 g/mol. The molecule has 9 nitrogen and oxygen atoms in total. The van der Waals surface area contributed by atoms with Gasteiger partial charge in [-0.05, 0) is 37.5 Å². The summed E-state index contributed by atoms with van der Waals surface area (Å²) in [5.41, 5.74) is 2.87. The average molecular weight is 418 g/mol. The van der Waals surface area contributed by atoms with Gasteiger partial charge in [-0.2, -0.15) is 0 Å². The highest BCUT2D eigenvalue weighted by Crippen LogP contribution is 2.39. The first-order valence-electron chi connectivity index (χ1n) is 10.1. The minimum Gasteiger partial charge on any atom is -0.396 e. The van der Waals surface area contributed by atoms with Crippen molar-refractivity contribution in [3.63, 3.8) is 0 Å². The van der Waals surface area contributed by atoms with Crippen molar-refractivity contribution in [1.29, 1.82) is 0 Å². The smallest absolute Gasteiger partial charge is 0.276 e. The highest BCUT2D eigenvalue weighted by atomic mass is 16.3. The number of aliphatic hydroxyl groups excluding tert-OH is 1. The van der Waals surface area contributed by atoms with Crippen LogP contribution in [0, 0.1) is 0 Å². The minimum atomic E-state index is -0.453. The predicted molar refractivity (Wildman–Crippen MR) is 114 cm³/mol. The summed E-state index contributed by atoms with van der Waals surface area (Å²) in [5.74, 6) is -0.257. The second kappa shape index (κ2) is 9.40. The summed E-state index contributed by atoms with van der Waals surface area (Å²) >= 11 is 0. The van der Waals surface area contributed by atoms with E-state index in [0.717, 1.165) is 18.5 Å². The molecule has 1 aliphatic carbocycles. The second-order valence-corrected chi connectivity index (χ2v) is 7.28. The zero-order valence-corrected chi connectivity index (χ0v) is 16.8. The van der Waals surface area contributed by atoms with Gasteiger partial charge in [-0.15, -0.1) is 0 Å². The van der Waals surface area contributed by atoms with Gasteiger partial charge in [0, 0.05) is 36.4 Å². The van der Waals surface area contributed by atoms with Gasteiger partial charge in [0.05, 0.1) is 35.7 Å². The number of carbonyl (C=O) groups is 2. The van der Waals surface area contributed by atoms with Crippen LogP contribution in [0.3, 0.4) is 0 Å². The molecular formula is C22H22N6O3. The first kappa shape index (κ1) is 20.5. The van der Waals surface area contributed by atoms with Crippen LogP contribution in [-0.4, -0.2) is 43.3 Å². The number of aliphatic hydroxyl groups is 1. The van der Waals surface area contributed by atoms with Crippen LogP contribution in [0.1, 0.15) is 58.1 Å². The Bertz CT molecular complexity index is 1090. The van der Waals surface area contributed by atoms with Crippen molar-refractivity contribution in [2.24, 2.45) is 0 Å². The fraction of sp³-hybridized carbons (Fsp3) is 0.273. The van der Waals surface area contributed by atoms with Crippen LogP contribution in [0.5, 0.6) is 0 Å². The Morgan fingerprint density at radius 2 is 1.84 bits per heavy atom. The van der Waals surface area contributed by atoms with Crippen molar-refractivity contribution in [3.8, 4) is 0 Å². The molecule has 0 aliphatic heterocycles. The van der Waals surface area contributed by atoms with Gasteiger partial charge in [0.1, 0.15) is 6.33 Å². The van der Waals surface area contributed by atoms with Crippen LogP contribution in [0.15, 0.2) is 49.3 Å². The minimum absolute atomic E-state index is 0.0748. The summed E-state index contributed by atoms with van der Waals surface area (Å²) in [6.45, 7) is -0.0748. The fourth-order valence-electron chi connectivity index (χ4n) is 3.17. The van der Waals surface area contributed by atoms with Gasteiger partial charge in [-0.1, -0.05) is 0 Å². The fourth-order valence-corrected chi connectivity index (χ4v) is 3.17. The molecule has 0 bridgehead atoms. The summed E-state index contributed by atoms with van der Waals surface area (Å²) in [7, 11) is 0. The van der Waals surface area contributed by atoms with E-state index in [-0.39, 0.29) is 24.5 Å². The number of amides is 1. The molecule has 0 unspecified atom stereocenters. The lowest BCUT2D eigenvalue weighted by atomic mass is 10.1. The normalized spacial score (nSPS) is 12.9. The molecule has 3 aromatic heterocycles. The summed E-state index contributed by atoms with van der Waals surface area (Å²) in [6.07, 6.45) is 10.2. The first-order chi connectivity index (χ1) is 15.2. The molecule has 9 heteroatoms. The molecule has 0 radical (unpaired) electrons. The monoisotopic (exact) mass is 418 g/mol. The number of anilines is 3. The van der Waals surface area contributed by atoms with E-state index in [2.05, 4.69) is 30.6 Å². The Hall–Kier alpha value is -3.72. The predicted octanol–water partition coefficient (Wildman–Crippen LogP) is 3.10. The van der Waals surface area contributed by atoms with Crippen LogP contribution < -0.4 is 10.6 Å². The summed E-state index contributed by atoms with van der Waals surface area (Å²) in [5, 5.41) is 14.9. The SMILES string of the molecule is O=C(CCCO)c1ccncc1NC(=O)c1nc(C2CC2)ccc1Nc1cncnc1. The highest BCUT2D eigenvalue weighted by molar-refractivity contribution is 6.10. The second-order valence-electron chi connectivity index (χ2n) is 7.28. The van der Waals surface area contributed by atoms with Crippen molar-refractivity contribution in [2.45, 2.75) is 31.6 Å². The molecule has 3 heterocycles. The molecule has 0 spiro atoms. The highest BCUT2D eigenvalue weighted by Gasteiger charge is 2.27. The molecule has 3 N–H and O–H groups in total. The van der Waals surface area contributed by atoms with Crippen LogP contribution in [0.2, 0.25) is 0 Å². The van der Waals surface area contributed by atoms with Crippen molar-refractivity contribution in [2.75, 3.05) is 17.2 Å². The maximum Gasteiger partial charge on any atom is 0.276 e. The molecule has 158 valence electrons. The zero-order chi connectivity index (χ0) is 21.6. The molecule has 1 fully saturated rings. The van der Waals surface area contributed by atoms with Crippen LogP contribution >= 0.6 is 0 Å². The van der Waals surface area contributed by atoms with E-state index in [1.165, 1.54) is 18.7 Å². The Labute approximate surface area is 179 Å². The first-order valence-corrected chi connectivity index (χ1v) is 10.1. The lowest BCUT2D eigenvalue weighted by Crippen LogP contribution is -2.19. The van der Waals surface area contributed by atoms with Gasteiger partial charge < -0.3 is 15.7 Å². The van der Waals surface area contributed by atoms with E-state index < -0.39 is 5.91 Å². The van der Waals surface area contributed by atoms with E-state index in [9.17, 15) is 9.59 Å². The van der Waals surface area contributed by atoms with Gasteiger partial charge in [0.15, 0.2) is 11.5 Å². The number of rotatable bonds is 9. The molecule has 1 aliphatic rings. The maximum atomic E-state index is 13.2. The van der Waals surface area contributed by atoms with Gasteiger partial charge in [0.25, 0.3) is 5.91 Å². The van der Waals surface area contributed by atoms with E-state index in [1.807, 2.05) is 12.1 Å². The third-order valence-corrected chi connectivity index (χ3v) is 4.90. The molecule has 4 rings (SSSR count). The number of Topliss-reactive ketones (excluding diaryl/α,β-unsaturated/α-hetero) is 1. The number of nitrogens with one attached hydrogen (secondary N) is 2. The lowest BCUT2D eigenvalue weighted by molar-refractivity contribution is 0.0972. The van der Waals surface area contributed by atoms with Crippen molar-refractivity contribution in [3.05, 3.63) is 66.3 Å². The van der Waals surface area contributed by atoms with E-state index in [1.54, 1.807) is 18.5 Å². The quantitative estimate of drug-likeness (QED) is 0.452. The number of aromatic nitrogens is 4. The van der Waals surface area contributed by atoms with Crippen LogP contribution in [0.25, 0.3) is 0 Å². The van der Waals surface area contributed by atoms with Gasteiger partial charge in [0.2, 0.25) is 0 Å². The molecule has 0 atom stereocenters. The van der Waals surface area contributed by atoms with E-state index >= 15 is 0 Å². The summed E-state index contributed by atoms with van der Waals surface area (Å²) in [6, 6.07) is 5.29. The molecule has 3 aromatic rings. The van der Waals surface area contributed by atoms with Crippen LogP contribution in [-0.2, 0) is 0 Å². The van der Waals surface area contributed by atoms with Gasteiger partial charge in [-0.3, -0.25) is 14.6 Å². The molecule has 1 amide bonds. The molecule has 31 heavy (non-hydrogen) atoms. The Morgan fingerprint density at radius 1 is 1.03 bits per heavy atom. The van der Waals surface area contributed by atoms with Gasteiger partial charge in [-0.25, -0.2) is 15.0 Å². The van der Waals surface area contributed by atoms with Crippen molar-refractivity contribution >= 4 is 28.8 Å². The van der Waals surface area contributed by atoms with E-state index in [4.69, 9.17) is 5.11 Å². The number of hydrogen-bond acceptors (Lipinski definition) is 8. The number of ketones is 1. The third-order valence-electron chi connectivity index (χ3n) is 4.90. The Kier molecular flexibility index (Phi) is 6.23. The summed E-state index contributed by atoms with van der Waals surface area (Å²) < 4.78 is 0. The molecule has 0 aromatic carbocycles. The van der Waals surface area contributed by atoms with Crippen LogP contribution in [0.4, 0.5) is 17.1 Å². The summed E-state index contributed by atoms with van der Waals surface area (Å²) in [4.78, 5) is 42.2. The third kappa shape index (κ3) is 5.07. The molecule has 1 saturated carbocycles. The molecule has 0 saturated heterocycles. The Morgan fingerprint density at radius 3 is 2.58 bits per heavy atom. The number of carbonyl (C=O) groups excluding carboxylic acids is 2. The lowest BCUT2D eigenvalue weighted by Gasteiger charge is -2.14. The van der Waals surface area contributed by atoms with E-state index in [0.29, 0.717) is 35.0 Å². The van der Waals surface area contributed by atoms with Crippen molar-refractivity contribution < 1.29 is 14.7 Å². The van der Waals surface area contributed by atoms with Gasteiger partial charge >= 0.3 is 0 Å². The Balaban J connectivity index is 1.62. The maximum absolute atomic E-state index is 13.2. The topological polar surface area (TPSA) is 130 Å². The standard InChI is InChI=1S/C22H22N6O3/c29-9-1-2-20(30)16-7-8-23-12-19(16)28-22(31)21-18(26-15-10-24-13-25-11-15)6-5-17(27-21)14-3-4-14/h5-8,10-14,26,29H,1-4,9H2,(H,28,31). The largest absolute Gasteiger partial charge is 0.396 e. The number of nitrogens with zero attached hydrogens (tertiary/aromatic N) is 4. The average Bonchev–Trinajstić information content (AvgIpc) is 3.64. The zero-order valence-electron chi connectivity index (χ0n) is 16.8.